The molecule has 8 heteroatoms. The number of rotatable bonds is 7. The topological polar surface area (TPSA) is 91.4 Å². The Morgan fingerprint density at radius 1 is 1.30 bits per heavy atom. The first kappa shape index (κ1) is 21.3. The van der Waals surface area contributed by atoms with Crippen molar-refractivity contribution in [3.8, 4) is 0 Å². The Labute approximate surface area is 167 Å². The highest BCUT2D eigenvalue weighted by molar-refractivity contribution is 6.35. The van der Waals surface area contributed by atoms with Crippen molar-refractivity contribution < 1.29 is 19.4 Å². The lowest BCUT2D eigenvalue weighted by atomic mass is 10.1. The molecule has 2 rings (SSSR count). The van der Waals surface area contributed by atoms with E-state index in [4.69, 9.17) is 27.9 Å². The van der Waals surface area contributed by atoms with Crippen LogP contribution in [0.4, 0.5) is 0 Å². The van der Waals surface area contributed by atoms with E-state index in [2.05, 4.69) is 10.3 Å². The predicted octanol–water partition coefficient (Wildman–Crippen LogP) is 3.51. The van der Waals surface area contributed by atoms with Gasteiger partial charge in [-0.25, -0.2) is 4.79 Å². The third kappa shape index (κ3) is 5.48. The molecule has 0 saturated heterocycles. The Morgan fingerprint density at radius 3 is 2.59 bits per heavy atom. The number of nitrogens with one attached hydrogen (secondary N) is 2. The van der Waals surface area contributed by atoms with Crippen molar-refractivity contribution >= 4 is 35.1 Å². The van der Waals surface area contributed by atoms with E-state index in [9.17, 15) is 14.7 Å². The van der Waals surface area contributed by atoms with E-state index in [0.29, 0.717) is 39.8 Å². The molecule has 0 spiro atoms. The fourth-order valence-electron chi connectivity index (χ4n) is 2.91. The van der Waals surface area contributed by atoms with Crippen molar-refractivity contribution in [3.05, 3.63) is 56.3 Å². The van der Waals surface area contributed by atoms with E-state index in [1.54, 1.807) is 39.0 Å². The number of aromatic amines is 1. The van der Waals surface area contributed by atoms with Gasteiger partial charge in [0.15, 0.2) is 6.61 Å². The molecule has 1 unspecified atom stereocenters. The molecule has 0 aliphatic rings. The first-order chi connectivity index (χ1) is 12.7. The Hall–Kier alpha value is -2.02. The van der Waals surface area contributed by atoms with Gasteiger partial charge in [-0.05, 0) is 50.5 Å². The number of hydrogen-bond acceptors (Lipinski definition) is 4. The third-order valence-electron chi connectivity index (χ3n) is 4.18. The molecule has 1 aromatic heterocycles. The zero-order valence-electron chi connectivity index (χ0n) is 15.4. The van der Waals surface area contributed by atoms with Crippen LogP contribution in [0, 0.1) is 13.8 Å². The van der Waals surface area contributed by atoms with Crippen molar-refractivity contribution in [1.29, 1.82) is 0 Å². The number of aromatic nitrogens is 1. The van der Waals surface area contributed by atoms with Crippen molar-refractivity contribution in [2.24, 2.45) is 0 Å². The summed E-state index contributed by atoms with van der Waals surface area (Å²) in [5.41, 5.74) is 3.07. The average molecular weight is 413 g/mol. The second-order valence-electron chi connectivity index (χ2n) is 6.25. The third-order valence-corrected chi connectivity index (χ3v) is 4.77. The molecule has 146 valence electrons. The fraction of sp³-hybridized carbons (Fsp3) is 0.368. The van der Waals surface area contributed by atoms with Gasteiger partial charge in [-0.2, -0.15) is 0 Å². The van der Waals surface area contributed by atoms with E-state index in [0.717, 1.165) is 5.56 Å². The van der Waals surface area contributed by atoms with Gasteiger partial charge in [0.25, 0.3) is 5.91 Å². The van der Waals surface area contributed by atoms with Gasteiger partial charge in [0.2, 0.25) is 0 Å². The molecule has 3 N–H and O–H groups in total. The fourth-order valence-corrected chi connectivity index (χ4v) is 3.41. The normalized spacial score (nSPS) is 11.9. The molecular formula is C19H22Cl2N2O4. The molecule has 0 aliphatic carbocycles. The Bertz CT molecular complexity index is 846. The van der Waals surface area contributed by atoms with Crippen molar-refractivity contribution in [1.82, 2.24) is 10.3 Å². The lowest BCUT2D eigenvalue weighted by Gasteiger charge is -2.08. The van der Waals surface area contributed by atoms with Gasteiger partial charge in [0.1, 0.15) is 5.69 Å². The molecule has 0 bridgehead atoms. The van der Waals surface area contributed by atoms with Gasteiger partial charge < -0.3 is 20.1 Å². The Kier molecular flexibility index (Phi) is 7.30. The predicted molar refractivity (Wildman–Crippen MR) is 104 cm³/mol. The number of ether oxygens (including phenoxy) is 1. The Balaban J connectivity index is 1.83. The average Bonchev–Trinajstić information content (AvgIpc) is 2.89. The summed E-state index contributed by atoms with van der Waals surface area (Å²) >= 11 is 11.9. The van der Waals surface area contributed by atoms with Crippen molar-refractivity contribution in [3.63, 3.8) is 0 Å². The first-order valence-corrected chi connectivity index (χ1v) is 9.21. The monoisotopic (exact) mass is 412 g/mol. The lowest BCUT2D eigenvalue weighted by Crippen LogP contribution is -2.30. The quantitative estimate of drug-likeness (QED) is 0.606. The summed E-state index contributed by atoms with van der Waals surface area (Å²) in [5, 5.41) is 13.5. The number of halogens is 2. The molecule has 0 radical (unpaired) electrons. The van der Waals surface area contributed by atoms with Crippen LogP contribution in [0.1, 0.15) is 45.9 Å². The van der Waals surface area contributed by atoms with Crippen LogP contribution in [0.25, 0.3) is 0 Å². The van der Waals surface area contributed by atoms with Gasteiger partial charge in [-0.3, -0.25) is 4.79 Å². The zero-order chi connectivity index (χ0) is 20.1. The number of hydrogen-bond donors (Lipinski definition) is 3. The first-order valence-electron chi connectivity index (χ1n) is 8.45. The highest BCUT2D eigenvalue weighted by Gasteiger charge is 2.21. The van der Waals surface area contributed by atoms with Gasteiger partial charge in [0.05, 0.1) is 6.10 Å². The van der Waals surface area contributed by atoms with Crippen LogP contribution in [0.5, 0.6) is 0 Å². The molecule has 27 heavy (non-hydrogen) atoms. The number of amides is 1. The molecule has 0 aliphatic heterocycles. The minimum Gasteiger partial charge on any atom is -0.451 e. The molecule has 1 amide bonds. The molecule has 6 nitrogen and oxygen atoms in total. The van der Waals surface area contributed by atoms with Gasteiger partial charge >= 0.3 is 5.97 Å². The molecule has 1 aromatic carbocycles. The van der Waals surface area contributed by atoms with Crippen LogP contribution < -0.4 is 5.32 Å². The highest BCUT2D eigenvalue weighted by Crippen LogP contribution is 2.25. The smallest absolute Gasteiger partial charge is 0.355 e. The number of carbonyl (C=O) groups excluding carboxylic acids is 2. The number of aliphatic hydroxyl groups is 1. The molecule has 0 fully saturated rings. The van der Waals surface area contributed by atoms with Crippen LogP contribution in [0.15, 0.2) is 18.2 Å². The summed E-state index contributed by atoms with van der Waals surface area (Å²) in [6.07, 6.45) is -0.173. The molecule has 2 aromatic rings. The van der Waals surface area contributed by atoms with E-state index in [1.165, 1.54) is 0 Å². The number of H-pyrrole nitrogens is 1. The maximum atomic E-state index is 12.2. The molecular weight excluding hydrogens is 391 g/mol. The van der Waals surface area contributed by atoms with Crippen LogP contribution in [0.2, 0.25) is 10.0 Å². The molecule has 0 saturated carbocycles. The van der Waals surface area contributed by atoms with Crippen molar-refractivity contribution in [2.75, 3.05) is 13.2 Å². The second-order valence-corrected chi connectivity index (χ2v) is 7.10. The summed E-state index contributed by atoms with van der Waals surface area (Å²) in [6, 6.07) is 5.17. The number of carbonyl (C=O) groups is 2. The van der Waals surface area contributed by atoms with E-state index in [1.807, 2.05) is 0 Å². The summed E-state index contributed by atoms with van der Waals surface area (Å²) in [5.74, 6) is -1.05. The van der Waals surface area contributed by atoms with E-state index >= 15 is 0 Å². The minimum atomic E-state index is -0.703. The minimum absolute atomic E-state index is 0.240. The maximum Gasteiger partial charge on any atom is 0.355 e. The Morgan fingerprint density at radius 2 is 2.00 bits per heavy atom. The van der Waals surface area contributed by atoms with E-state index in [-0.39, 0.29) is 5.69 Å². The summed E-state index contributed by atoms with van der Waals surface area (Å²) in [7, 11) is 0. The van der Waals surface area contributed by atoms with Crippen molar-refractivity contribution in [2.45, 2.75) is 33.3 Å². The summed E-state index contributed by atoms with van der Waals surface area (Å²) < 4.78 is 5.05. The van der Waals surface area contributed by atoms with Crippen LogP contribution in [-0.4, -0.2) is 35.1 Å². The standard InChI is InChI=1S/C19H22Cl2N2O4/c1-10-17(12(3)24)11(2)23-18(10)19(26)27-9-16(25)22-7-6-13-4-5-14(20)8-15(13)21/h4-5,8,12,23-24H,6-7,9H2,1-3H3,(H,22,25). The van der Waals surface area contributed by atoms with Gasteiger partial charge in [0, 0.05) is 27.8 Å². The lowest BCUT2D eigenvalue weighted by molar-refractivity contribution is -0.124. The van der Waals surface area contributed by atoms with E-state index < -0.39 is 24.6 Å². The largest absolute Gasteiger partial charge is 0.451 e. The van der Waals surface area contributed by atoms with Crippen LogP contribution in [-0.2, 0) is 16.0 Å². The zero-order valence-corrected chi connectivity index (χ0v) is 16.9. The SMILES string of the molecule is Cc1[nH]c(C(=O)OCC(=O)NCCc2ccc(Cl)cc2Cl)c(C)c1C(C)O. The molecule has 1 atom stereocenters. The van der Waals surface area contributed by atoms with Crippen LogP contribution >= 0.6 is 23.2 Å². The number of aryl methyl sites for hydroxylation is 1. The highest BCUT2D eigenvalue weighted by atomic mass is 35.5. The summed E-state index contributed by atoms with van der Waals surface area (Å²) in [4.78, 5) is 27.0. The van der Waals surface area contributed by atoms with Gasteiger partial charge in [-0.15, -0.1) is 0 Å². The van der Waals surface area contributed by atoms with Gasteiger partial charge in [-0.1, -0.05) is 29.3 Å². The summed E-state index contributed by atoms with van der Waals surface area (Å²) in [6.45, 7) is 5.07. The second kappa shape index (κ2) is 9.26. The number of aliphatic hydroxyl groups excluding tert-OH is 1. The number of esters is 1. The van der Waals surface area contributed by atoms with Crippen LogP contribution in [0.3, 0.4) is 0 Å². The maximum absolute atomic E-state index is 12.2. The molecule has 1 heterocycles. The number of benzene rings is 1.